The Bertz CT molecular complexity index is 407. The molecule has 0 bridgehead atoms. The monoisotopic (exact) mass is 253 g/mol. The summed E-state index contributed by atoms with van der Waals surface area (Å²) in [5, 5.41) is 10.7. The van der Waals surface area contributed by atoms with Gasteiger partial charge in [0.05, 0.1) is 6.10 Å². The lowest BCUT2D eigenvalue weighted by Gasteiger charge is -2.39. The van der Waals surface area contributed by atoms with E-state index in [1.807, 2.05) is 19.1 Å². The first-order valence-corrected chi connectivity index (χ1v) is 6.60. The third-order valence-corrected chi connectivity index (χ3v) is 4.40. The second kappa shape index (κ2) is 4.97. The zero-order chi connectivity index (χ0) is 12.5. The predicted octanol–water partition coefficient (Wildman–Crippen LogP) is 2.78. The van der Waals surface area contributed by atoms with Crippen molar-refractivity contribution in [3.8, 4) is 0 Å². The molecule has 17 heavy (non-hydrogen) atoms. The Morgan fingerprint density at radius 1 is 1.53 bits per heavy atom. The van der Waals surface area contributed by atoms with Crippen LogP contribution in [0.15, 0.2) is 18.2 Å². The third-order valence-electron chi connectivity index (χ3n) is 3.99. The van der Waals surface area contributed by atoms with Crippen LogP contribution in [0.25, 0.3) is 0 Å². The molecule has 1 aromatic carbocycles. The largest absolute Gasteiger partial charge is 0.393 e. The summed E-state index contributed by atoms with van der Waals surface area (Å²) in [5.41, 5.74) is 8.14. The molecule has 3 N–H and O–H groups in total. The minimum atomic E-state index is -0.229. The summed E-state index contributed by atoms with van der Waals surface area (Å²) in [5.74, 6) is 0. The molecule has 1 aliphatic rings. The van der Waals surface area contributed by atoms with E-state index in [0.717, 1.165) is 36.3 Å². The first-order chi connectivity index (χ1) is 8.07. The van der Waals surface area contributed by atoms with Crippen molar-refractivity contribution in [1.29, 1.82) is 0 Å². The Morgan fingerprint density at radius 2 is 2.29 bits per heavy atom. The standard InChI is InChI=1S/C14H20ClNO/c1-10-4-5-11(7-13(10)15)14(9-16)6-2-3-12(17)8-14/h4-5,7,12,17H,2-3,6,8-9,16H2,1H3. The average Bonchev–Trinajstić information content (AvgIpc) is 2.32. The van der Waals surface area contributed by atoms with Crippen LogP contribution in [-0.2, 0) is 5.41 Å². The zero-order valence-corrected chi connectivity index (χ0v) is 11.0. The van der Waals surface area contributed by atoms with E-state index >= 15 is 0 Å². The van der Waals surface area contributed by atoms with Crippen molar-refractivity contribution >= 4 is 11.6 Å². The number of hydrogen-bond donors (Lipinski definition) is 2. The predicted molar refractivity (Wildman–Crippen MR) is 71.4 cm³/mol. The average molecular weight is 254 g/mol. The molecule has 3 heteroatoms. The van der Waals surface area contributed by atoms with E-state index in [9.17, 15) is 5.11 Å². The molecule has 94 valence electrons. The summed E-state index contributed by atoms with van der Waals surface area (Å²) in [6.45, 7) is 2.57. The summed E-state index contributed by atoms with van der Waals surface area (Å²) < 4.78 is 0. The molecule has 0 aliphatic heterocycles. The second-order valence-corrected chi connectivity index (χ2v) is 5.61. The topological polar surface area (TPSA) is 46.2 Å². The molecule has 1 saturated carbocycles. The molecule has 0 aromatic heterocycles. The Kier molecular flexibility index (Phi) is 3.76. The fraction of sp³-hybridized carbons (Fsp3) is 0.571. The molecule has 2 nitrogen and oxygen atoms in total. The van der Waals surface area contributed by atoms with Crippen molar-refractivity contribution in [2.45, 2.75) is 44.1 Å². The van der Waals surface area contributed by atoms with Crippen molar-refractivity contribution in [2.75, 3.05) is 6.54 Å². The van der Waals surface area contributed by atoms with E-state index in [-0.39, 0.29) is 11.5 Å². The number of aryl methyl sites for hydroxylation is 1. The Balaban J connectivity index is 2.36. The van der Waals surface area contributed by atoms with Crippen LogP contribution in [0.4, 0.5) is 0 Å². The maximum Gasteiger partial charge on any atom is 0.0549 e. The molecule has 2 unspecified atom stereocenters. The number of rotatable bonds is 2. The molecule has 0 saturated heterocycles. The van der Waals surface area contributed by atoms with Gasteiger partial charge in [-0.1, -0.05) is 23.7 Å². The van der Waals surface area contributed by atoms with Gasteiger partial charge in [-0.3, -0.25) is 0 Å². The molecule has 2 atom stereocenters. The number of nitrogens with two attached hydrogens (primary N) is 1. The summed E-state index contributed by atoms with van der Waals surface area (Å²) in [4.78, 5) is 0. The number of halogens is 1. The van der Waals surface area contributed by atoms with Gasteiger partial charge in [0, 0.05) is 17.0 Å². The first kappa shape index (κ1) is 12.9. The minimum absolute atomic E-state index is 0.0883. The van der Waals surface area contributed by atoms with Gasteiger partial charge in [-0.15, -0.1) is 0 Å². The van der Waals surface area contributed by atoms with E-state index in [1.54, 1.807) is 0 Å². The zero-order valence-electron chi connectivity index (χ0n) is 10.2. The molecule has 2 rings (SSSR count). The van der Waals surface area contributed by atoms with Crippen LogP contribution in [0.1, 0.15) is 36.8 Å². The van der Waals surface area contributed by atoms with Crippen LogP contribution in [0.3, 0.4) is 0 Å². The lowest BCUT2D eigenvalue weighted by molar-refractivity contribution is 0.0871. The summed E-state index contributed by atoms with van der Waals surface area (Å²) in [7, 11) is 0. The van der Waals surface area contributed by atoms with Crippen molar-refractivity contribution in [3.63, 3.8) is 0 Å². The van der Waals surface area contributed by atoms with E-state index in [0.29, 0.717) is 6.54 Å². The van der Waals surface area contributed by atoms with Gasteiger partial charge in [-0.2, -0.15) is 0 Å². The van der Waals surface area contributed by atoms with E-state index in [1.165, 1.54) is 5.56 Å². The lowest BCUT2D eigenvalue weighted by atomic mass is 9.68. The molecule has 0 spiro atoms. The Morgan fingerprint density at radius 3 is 2.88 bits per heavy atom. The molecule has 1 fully saturated rings. The fourth-order valence-electron chi connectivity index (χ4n) is 2.82. The van der Waals surface area contributed by atoms with Crippen molar-refractivity contribution in [1.82, 2.24) is 0 Å². The normalized spacial score (nSPS) is 29.3. The Labute approximate surface area is 108 Å². The van der Waals surface area contributed by atoms with Gasteiger partial charge in [0.1, 0.15) is 0 Å². The van der Waals surface area contributed by atoms with Gasteiger partial charge in [0.2, 0.25) is 0 Å². The third kappa shape index (κ3) is 2.49. The molecule has 0 amide bonds. The van der Waals surface area contributed by atoms with Crippen LogP contribution in [0.5, 0.6) is 0 Å². The number of aliphatic hydroxyl groups excluding tert-OH is 1. The van der Waals surface area contributed by atoms with Gasteiger partial charge in [-0.25, -0.2) is 0 Å². The van der Waals surface area contributed by atoms with Gasteiger partial charge in [0.25, 0.3) is 0 Å². The van der Waals surface area contributed by atoms with E-state index < -0.39 is 0 Å². The smallest absolute Gasteiger partial charge is 0.0549 e. The number of hydrogen-bond acceptors (Lipinski definition) is 2. The second-order valence-electron chi connectivity index (χ2n) is 5.20. The quantitative estimate of drug-likeness (QED) is 0.852. The summed E-state index contributed by atoms with van der Waals surface area (Å²) in [6, 6.07) is 6.16. The van der Waals surface area contributed by atoms with E-state index in [4.69, 9.17) is 17.3 Å². The molecule has 1 aliphatic carbocycles. The number of benzene rings is 1. The SMILES string of the molecule is Cc1ccc(C2(CN)CCCC(O)C2)cc1Cl. The van der Waals surface area contributed by atoms with Crippen LogP contribution in [0, 0.1) is 6.92 Å². The Hall–Kier alpha value is -0.570. The molecule has 0 heterocycles. The van der Waals surface area contributed by atoms with Crippen LogP contribution in [0.2, 0.25) is 5.02 Å². The minimum Gasteiger partial charge on any atom is -0.393 e. The van der Waals surface area contributed by atoms with Gasteiger partial charge in [0.15, 0.2) is 0 Å². The van der Waals surface area contributed by atoms with Crippen LogP contribution in [-0.4, -0.2) is 17.8 Å². The number of aliphatic hydroxyl groups is 1. The van der Waals surface area contributed by atoms with Gasteiger partial charge >= 0.3 is 0 Å². The summed E-state index contributed by atoms with van der Waals surface area (Å²) >= 11 is 6.19. The highest BCUT2D eigenvalue weighted by Crippen LogP contribution is 2.39. The maximum atomic E-state index is 9.87. The van der Waals surface area contributed by atoms with Gasteiger partial charge in [-0.05, 0) is 49.8 Å². The van der Waals surface area contributed by atoms with Crippen LogP contribution < -0.4 is 5.73 Å². The highest BCUT2D eigenvalue weighted by atomic mass is 35.5. The molecular formula is C14H20ClNO. The van der Waals surface area contributed by atoms with E-state index in [2.05, 4.69) is 6.07 Å². The highest BCUT2D eigenvalue weighted by Gasteiger charge is 2.36. The molecule has 1 aromatic rings. The molecule has 0 radical (unpaired) electrons. The first-order valence-electron chi connectivity index (χ1n) is 6.22. The van der Waals surface area contributed by atoms with Crippen molar-refractivity contribution in [3.05, 3.63) is 34.3 Å². The fourth-order valence-corrected chi connectivity index (χ4v) is 3.00. The lowest BCUT2D eigenvalue weighted by Crippen LogP contribution is -2.41. The van der Waals surface area contributed by atoms with Crippen LogP contribution >= 0.6 is 11.6 Å². The van der Waals surface area contributed by atoms with Gasteiger partial charge < -0.3 is 10.8 Å². The summed E-state index contributed by atoms with van der Waals surface area (Å²) in [6.07, 6.45) is 3.49. The maximum absolute atomic E-state index is 9.87. The molecular weight excluding hydrogens is 234 g/mol. The highest BCUT2D eigenvalue weighted by molar-refractivity contribution is 6.31. The van der Waals surface area contributed by atoms with Crippen molar-refractivity contribution in [2.24, 2.45) is 5.73 Å². The van der Waals surface area contributed by atoms with Crippen molar-refractivity contribution < 1.29 is 5.11 Å².